The molecule has 9 heteroatoms. The van der Waals surface area contributed by atoms with Crippen molar-refractivity contribution >= 4 is 45.8 Å². The lowest BCUT2D eigenvalue weighted by molar-refractivity contribution is -0.142. The van der Waals surface area contributed by atoms with E-state index in [4.69, 9.17) is 5.73 Å². The van der Waals surface area contributed by atoms with E-state index in [1.807, 2.05) is 63.2 Å². The number of amides is 3. The molecule has 0 saturated carbocycles. The van der Waals surface area contributed by atoms with E-state index in [1.165, 1.54) is 6.92 Å². The van der Waals surface area contributed by atoms with E-state index in [9.17, 15) is 28.8 Å². The van der Waals surface area contributed by atoms with E-state index in [1.54, 1.807) is 6.92 Å². The number of nitrogens with one attached hydrogen (secondary N) is 2. The number of benzene rings is 2. The number of carbonyl (C=O) groups excluding carboxylic acids is 6. The Kier molecular flexibility index (Phi) is 12.8. The lowest BCUT2D eigenvalue weighted by Crippen LogP contribution is -2.52. The quantitative estimate of drug-likeness (QED) is 0.250. The molecule has 0 heterocycles. The molecule has 0 fully saturated rings. The number of ketones is 3. The molecule has 222 valence electrons. The molecule has 4 unspecified atom stereocenters. The first kappa shape index (κ1) is 33.3. The van der Waals surface area contributed by atoms with Gasteiger partial charge in [0.2, 0.25) is 17.6 Å². The van der Waals surface area contributed by atoms with Gasteiger partial charge in [0, 0.05) is 24.7 Å². The minimum absolute atomic E-state index is 0.0480. The molecular weight excluding hydrogens is 522 g/mol. The van der Waals surface area contributed by atoms with Gasteiger partial charge >= 0.3 is 0 Å². The van der Waals surface area contributed by atoms with Gasteiger partial charge in [-0.15, -0.1) is 0 Å². The highest BCUT2D eigenvalue weighted by Crippen LogP contribution is 2.20. The second kappa shape index (κ2) is 15.8. The highest BCUT2D eigenvalue weighted by atomic mass is 16.2. The van der Waals surface area contributed by atoms with Crippen LogP contribution < -0.4 is 16.4 Å². The molecule has 0 aliphatic rings. The van der Waals surface area contributed by atoms with E-state index < -0.39 is 53.7 Å². The molecule has 4 N–H and O–H groups in total. The maximum Gasteiger partial charge on any atom is 0.289 e. The summed E-state index contributed by atoms with van der Waals surface area (Å²) in [5, 5.41) is 7.09. The van der Waals surface area contributed by atoms with E-state index in [2.05, 4.69) is 10.6 Å². The van der Waals surface area contributed by atoms with Gasteiger partial charge in [-0.2, -0.15) is 0 Å². The van der Waals surface area contributed by atoms with Gasteiger partial charge in [-0.05, 0) is 47.9 Å². The van der Waals surface area contributed by atoms with Crippen LogP contribution in [-0.4, -0.2) is 47.7 Å². The van der Waals surface area contributed by atoms with Crippen LogP contribution in [0.25, 0.3) is 10.8 Å². The van der Waals surface area contributed by atoms with Crippen LogP contribution in [0.15, 0.2) is 42.5 Å². The largest absolute Gasteiger partial charge is 0.369 e. The van der Waals surface area contributed by atoms with Crippen molar-refractivity contribution in [2.75, 3.05) is 6.54 Å². The van der Waals surface area contributed by atoms with E-state index >= 15 is 0 Å². The molecule has 2 aromatic rings. The summed E-state index contributed by atoms with van der Waals surface area (Å²) in [7, 11) is 0. The maximum atomic E-state index is 13.1. The van der Waals surface area contributed by atoms with Crippen LogP contribution in [0, 0.1) is 23.7 Å². The fourth-order valence-corrected chi connectivity index (χ4v) is 4.85. The number of Topliss-reactive ketones (excluding diaryl/α,β-unsaturated/α-hetero) is 3. The number of hydrogen-bond donors (Lipinski definition) is 3. The topological polar surface area (TPSA) is 152 Å². The highest BCUT2D eigenvalue weighted by Gasteiger charge is 2.33. The van der Waals surface area contributed by atoms with Gasteiger partial charge in [-0.1, -0.05) is 76.6 Å². The Bertz CT molecular complexity index is 1270. The zero-order chi connectivity index (χ0) is 30.7. The van der Waals surface area contributed by atoms with Crippen molar-refractivity contribution in [1.29, 1.82) is 0 Å². The number of hydrogen-bond acceptors (Lipinski definition) is 6. The van der Waals surface area contributed by atoms with Crippen molar-refractivity contribution in [1.82, 2.24) is 10.6 Å². The third-order valence-corrected chi connectivity index (χ3v) is 7.30. The van der Waals surface area contributed by atoms with Crippen LogP contribution in [0.4, 0.5) is 0 Å². The zero-order valence-electron chi connectivity index (χ0n) is 24.7. The van der Waals surface area contributed by atoms with Crippen LogP contribution in [0.2, 0.25) is 0 Å². The summed E-state index contributed by atoms with van der Waals surface area (Å²) in [6.45, 7) is 8.41. The third-order valence-electron chi connectivity index (χ3n) is 7.30. The van der Waals surface area contributed by atoms with Gasteiger partial charge in [0.25, 0.3) is 5.91 Å². The van der Waals surface area contributed by atoms with Crippen molar-refractivity contribution in [3.8, 4) is 0 Å². The average Bonchev–Trinajstić information content (AvgIpc) is 2.92. The van der Waals surface area contributed by atoms with E-state index in [0.29, 0.717) is 12.8 Å². The monoisotopic (exact) mass is 565 g/mol. The van der Waals surface area contributed by atoms with Crippen LogP contribution in [0.5, 0.6) is 0 Å². The number of rotatable bonds is 17. The second-order valence-corrected chi connectivity index (χ2v) is 11.4. The Hall–Kier alpha value is -3.88. The molecule has 0 radical (unpaired) electrons. The molecule has 0 spiro atoms. The number of nitrogens with two attached hydrogens (primary N) is 1. The molecule has 2 aromatic carbocycles. The summed E-state index contributed by atoms with van der Waals surface area (Å²) in [6.07, 6.45) is 1.10. The van der Waals surface area contributed by atoms with Gasteiger partial charge in [0.1, 0.15) is 5.78 Å². The molecule has 0 aromatic heterocycles. The highest BCUT2D eigenvalue weighted by molar-refractivity contribution is 6.38. The standard InChI is InChI=1S/C32H43N3O6/c1-6-20(4)28(35-31(40)26(13-19(2)3)14-21(5)36)29(38)32(41)34-18-27(37)17-25(30(33)39)16-22-11-12-23-9-7-8-10-24(23)15-22/h7-12,15,19-20,25-26,28H,6,13-14,16-18H2,1-5H3,(H2,33,39)(H,34,41)(H,35,40). The van der Waals surface area contributed by atoms with Gasteiger partial charge in [0.15, 0.2) is 5.78 Å². The van der Waals surface area contributed by atoms with Crippen molar-refractivity contribution in [3.63, 3.8) is 0 Å². The van der Waals surface area contributed by atoms with Gasteiger partial charge in [0.05, 0.1) is 12.6 Å². The first-order chi connectivity index (χ1) is 19.3. The molecule has 0 saturated heterocycles. The Balaban J connectivity index is 2.02. The Labute approximate surface area is 242 Å². The van der Waals surface area contributed by atoms with Gasteiger partial charge in [-0.3, -0.25) is 24.0 Å². The predicted octanol–water partition coefficient (Wildman–Crippen LogP) is 3.30. The summed E-state index contributed by atoms with van der Waals surface area (Å²) >= 11 is 0. The molecular formula is C32H43N3O6. The lowest BCUT2D eigenvalue weighted by Gasteiger charge is -2.26. The fourth-order valence-electron chi connectivity index (χ4n) is 4.85. The number of fused-ring (bicyclic) bond motifs is 1. The normalized spacial score (nSPS) is 14.1. The Morgan fingerprint density at radius 2 is 1.54 bits per heavy atom. The molecule has 0 aliphatic carbocycles. The smallest absolute Gasteiger partial charge is 0.289 e. The molecule has 41 heavy (non-hydrogen) atoms. The molecule has 9 nitrogen and oxygen atoms in total. The molecule has 3 amide bonds. The van der Waals surface area contributed by atoms with Crippen LogP contribution >= 0.6 is 0 Å². The summed E-state index contributed by atoms with van der Waals surface area (Å²) < 4.78 is 0. The van der Waals surface area contributed by atoms with E-state index in [0.717, 1.165) is 16.3 Å². The summed E-state index contributed by atoms with van der Waals surface area (Å²) in [6, 6.07) is 12.5. The lowest BCUT2D eigenvalue weighted by atomic mass is 9.89. The molecule has 0 aliphatic heterocycles. The van der Waals surface area contributed by atoms with Crippen LogP contribution in [-0.2, 0) is 35.2 Å². The minimum Gasteiger partial charge on any atom is -0.369 e. The van der Waals surface area contributed by atoms with Crippen molar-refractivity contribution in [2.24, 2.45) is 29.4 Å². The zero-order valence-corrected chi connectivity index (χ0v) is 24.7. The average molecular weight is 566 g/mol. The number of primary amides is 1. The summed E-state index contributed by atoms with van der Waals surface area (Å²) in [5.41, 5.74) is 6.43. The van der Waals surface area contributed by atoms with Crippen molar-refractivity contribution in [2.45, 2.75) is 72.8 Å². The predicted molar refractivity (Wildman–Crippen MR) is 158 cm³/mol. The summed E-state index contributed by atoms with van der Waals surface area (Å²) in [4.78, 5) is 75.3. The summed E-state index contributed by atoms with van der Waals surface area (Å²) in [5.74, 6) is -5.11. The third kappa shape index (κ3) is 10.6. The molecule has 2 rings (SSSR count). The fraction of sp³-hybridized carbons (Fsp3) is 0.500. The molecule has 4 atom stereocenters. The van der Waals surface area contributed by atoms with E-state index in [-0.39, 0.29) is 36.9 Å². The van der Waals surface area contributed by atoms with Gasteiger partial charge < -0.3 is 21.2 Å². The van der Waals surface area contributed by atoms with Crippen molar-refractivity contribution in [3.05, 3.63) is 48.0 Å². The maximum absolute atomic E-state index is 13.1. The van der Waals surface area contributed by atoms with Crippen LogP contribution in [0.1, 0.15) is 65.9 Å². The number of carbonyl (C=O) groups is 6. The molecule has 0 bridgehead atoms. The van der Waals surface area contributed by atoms with Gasteiger partial charge in [-0.25, -0.2) is 0 Å². The second-order valence-electron chi connectivity index (χ2n) is 11.4. The van der Waals surface area contributed by atoms with Crippen molar-refractivity contribution < 1.29 is 28.8 Å². The Morgan fingerprint density at radius 3 is 2.12 bits per heavy atom. The minimum atomic E-state index is -1.10. The first-order valence-electron chi connectivity index (χ1n) is 14.2. The first-order valence-corrected chi connectivity index (χ1v) is 14.2. The van der Waals surface area contributed by atoms with Crippen LogP contribution in [0.3, 0.4) is 0 Å². The Morgan fingerprint density at radius 1 is 0.878 bits per heavy atom. The SMILES string of the molecule is CCC(C)C(NC(=O)C(CC(C)=O)CC(C)C)C(=O)C(=O)NCC(=O)CC(Cc1ccc2ccccc2c1)C(N)=O.